The maximum Gasteiger partial charge on any atom is 0.348 e. The molecule has 0 fully saturated rings. The molecule has 2 N–H and O–H groups in total. The number of rotatable bonds is 4. The molecule has 3 aromatic heterocycles. The van der Waals surface area contributed by atoms with Crippen molar-refractivity contribution in [2.45, 2.75) is 13.8 Å². The maximum absolute atomic E-state index is 13.0. The van der Waals surface area contributed by atoms with Gasteiger partial charge in [-0.15, -0.1) is 11.3 Å². The van der Waals surface area contributed by atoms with Gasteiger partial charge in [0.1, 0.15) is 21.2 Å². The third-order valence-electron chi connectivity index (χ3n) is 4.97. The number of benzene rings is 1. The molecule has 9 heteroatoms. The Balaban J connectivity index is 1.56. The highest BCUT2D eigenvalue weighted by Gasteiger charge is 2.33. The van der Waals surface area contributed by atoms with Crippen molar-refractivity contribution in [2.75, 3.05) is 10.2 Å². The smallest absolute Gasteiger partial charge is 0.348 e. The van der Waals surface area contributed by atoms with E-state index in [1.165, 1.54) is 4.90 Å². The quantitative estimate of drug-likeness (QED) is 0.442. The molecular weight excluding hydrogens is 416 g/mol. The van der Waals surface area contributed by atoms with Crippen molar-refractivity contribution in [2.24, 2.45) is 0 Å². The minimum atomic E-state index is -1.10. The Hall–Kier alpha value is -3.98. The van der Waals surface area contributed by atoms with Gasteiger partial charge in [0.25, 0.3) is 0 Å². The summed E-state index contributed by atoms with van der Waals surface area (Å²) in [6.07, 6.45) is 3.23. The van der Waals surface area contributed by atoms with Crippen LogP contribution in [0.1, 0.15) is 20.9 Å². The molecule has 1 aliphatic heterocycles. The maximum atomic E-state index is 13.0. The van der Waals surface area contributed by atoms with E-state index in [-0.39, 0.29) is 4.88 Å². The highest BCUT2D eigenvalue weighted by Crippen LogP contribution is 2.46. The van der Waals surface area contributed by atoms with E-state index >= 15 is 0 Å². The van der Waals surface area contributed by atoms with Crippen LogP contribution in [0.25, 0.3) is 10.2 Å². The van der Waals surface area contributed by atoms with Gasteiger partial charge in [0, 0.05) is 11.9 Å². The first-order valence-electron chi connectivity index (χ1n) is 9.39. The van der Waals surface area contributed by atoms with Gasteiger partial charge in [-0.05, 0) is 55.8 Å². The molecule has 0 unspecified atom stereocenters. The molecule has 154 valence electrons. The van der Waals surface area contributed by atoms with Crippen molar-refractivity contribution in [3.8, 4) is 11.5 Å². The van der Waals surface area contributed by atoms with Crippen LogP contribution in [-0.4, -0.2) is 27.1 Å². The number of ether oxygens (including phenoxy) is 1. The summed E-state index contributed by atoms with van der Waals surface area (Å²) in [7, 11) is 0. The summed E-state index contributed by atoms with van der Waals surface area (Å²) in [5, 5.41) is 12.8. The molecule has 4 aromatic rings. The van der Waals surface area contributed by atoms with Crippen molar-refractivity contribution in [3.05, 3.63) is 64.9 Å². The molecule has 1 aromatic carbocycles. The number of hydrogen-bond donors (Lipinski definition) is 2. The molecule has 5 rings (SSSR count). The van der Waals surface area contributed by atoms with E-state index in [1.54, 1.807) is 30.6 Å². The number of carbonyl (C=O) groups is 2. The number of anilines is 3. The van der Waals surface area contributed by atoms with Crippen molar-refractivity contribution in [3.63, 3.8) is 0 Å². The Morgan fingerprint density at radius 3 is 2.61 bits per heavy atom. The predicted octanol–water partition coefficient (Wildman–Crippen LogP) is 5.48. The summed E-state index contributed by atoms with van der Waals surface area (Å²) in [5.41, 5.74) is 3.26. The van der Waals surface area contributed by atoms with E-state index in [9.17, 15) is 14.7 Å². The summed E-state index contributed by atoms with van der Waals surface area (Å²) < 4.78 is 5.87. The number of hydrogen-bond acceptors (Lipinski definition) is 6. The van der Waals surface area contributed by atoms with Gasteiger partial charge in [0.2, 0.25) is 0 Å². The number of aromatic nitrogens is 2. The van der Waals surface area contributed by atoms with E-state index in [1.807, 2.05) is 32.0 Å². The Morgan fingerprint density at radius 1 is 1.10 bits per heavy atom. The van der Waals surface area contributed by atoms with Crippen molar-refractivity contribution in [1.82, 2.24) is 9.97 Å². The highest BCUT2D eigenvalue weighted by molar-refractivity contribution is 7.21. The fourth-order valence-corrected chi connectivity index (χ4v) is 4.53. The summed E-state index contributed by atoms with van der Waals surface area (Å²) in [6.45, 7) is 3.79. The van der Waals surface area contributed by atoms with Gasteiger partial charge in [0.15, 0.2) is 0 Å². The molecule has 2 amide bonds. The second-order valence-corrected chi connectivity index (χ2v) is 8.07. The van der Waals surface area contributed by atoms with Crippen LogP contribution in [0.2, 0.25) is 0 Å². The van der Waals surface area contributed by atoms with Gasteiger partial charge in [-0.2, -0.15) is 0 Å². The molecule has 0 aliphatic carbocycles. The van der Waals surface area contributed by atoms with Crippen molar-refractivity contribution >= 4 is 50.6 Å². The topological polar surface area (TPSA) is 105 Å². The van der Waals surface area contributed by atoms with Crippen LogP contribution in [0.15, 0.2) is 48.8 Å². The number of carboxylic acids is 1. The Bertz CT molecular complexity index is 1360. The number of nitrogens with one attached hydrogen (secondary N) is 1. The fraction of sp³-hybridized carbons (Fsp3) is 0.0909. The summed E-state index contributed by atoms with van der Waals surface area (Å²) in [4.78, 5) is 35.3. The third-order valence-corrected chi connectivity index (χ3v) is 6.06. The van der Waals surface area contributed by atoms with Gasteiger partial charge in [-0.1, -0.05) is 0 Å². The van der Waals surface area contributed by atoms with Crippen LogP contribution in [0, 0.1) is 13.8 Å². The molecule has 4 heterocycles. The Labute approximate surface area is 180 Å². The van der Waals surface area contributed by atoms with Gasteiger partial charge < -0.3 is 15.2 Å². The van der Waals surface area contributed by atoms with Crippen LogP contribution in [0.3, 0.4) is 0 Å². The molecule has 0 saturated carbocycles. The average molecular weight is 432 g/mol. The standard InChI is InChI=1S/C22H16N4O4S/c1-11-9-13(30-14-4-3-12(2)24-10-14)5-6-15(11)26-16-7-8-23-20-17(16)18(25-22(26)29)19(31-20)21(27)28/h3-10H,1-2H3,(H,25,29)(H,27,28). The van der Waals surface area contributed by atoms with E-state index in [0.29, 0.717) is 38.8 Å². The molecule has 0 bridgehead atoms. The lowest BCUT2D eigenvalue weighted by molar-refractivity contribution is 0.0703. The van der Waals surface area contributed by atoms with Gasteiger partial charge >= 0.3 is 12.0 Å². The SMILES string of the molecule is Cc1ccc(Oc2ccc(N3C(=O)Nc4c(C(=O)O)sc5nccc3c45)c(C)c2)cn1. The van der Waals surface area contributed by atoms with E-state index in [4.69, 9.17) is 4.74 Å². The largest absolute Gasteiger partial charge is 0.477 e. The second kappa shape index (κ2) is 7.06. The lowest BCUT2D eigenvalue weighted by atomic mass is 10.1. The molecule has 0 spiro atoms. The number of urea groups is 1. The van der Waals surface area contributed by atoms with Crippen LogP contribution in [0.4, 0.5) is 21.9 Å². The number of nitrogens with zero attached hydrogens (tertiary/aromatic N) is 3. The average Bonchev–Trinajstić information content (AvgIpc) is 3.11. The number of pyridine rings is 2. The van der Waals surface area contributed by atoms with E-state index in [0.717, 1.165) is 22.6 Å². The first kappa shape index (κ1) is 19.0. The molecule has 0 atom stereocenters. The van der Waals surface area contributed by atoms with Crippen LogP contribution >= 0.6 is 11.3 Å². The van der Waals surface area contributed by atoms with Gasteiger partial charge in [-0.3, -0.25) is 9.88 Å². The lowest BCUT2D eigenvalue weighted by Gasteiger charge is -2.29. The first-order valence-corrected chi connectivity index (χ1v) is 10.2. The molecule has 0 radical (unpaired) electrons. The molecule has 1 aliphatic rings. The lowest BCUT2D eigenvalue weighted by Crippen LogP contribution is -2.34. The number of amides is 2. The Kier molecular flexibility index (Phi) is 4.33. The monoisotopic (exact) mass is 432 g/mol. The van der Waals surface area contributed by atoms with E-state index in [2.05, 4.69) is 15.3 Å². The second-order valence-electron chi connectivity index (χ2n) is 7.07. The zero-order valence-electron chi connectivity index (χ0n) is 16.5. The zero-order valence-corrected chi connectivity index (χ0v) is 17.4. The van der Waals surface area contributed by atoms with Crippen molar-refractivity contribution in [1.29, 1.82) is 0 Å². The molecule has 31 heavy (non-hydrogen) atoms. The number of aromatic carboxylic acids is 1. The number of thiophene rings is 1. The normalized spacial score (nSPS) is 12.7. The summed E-state index contributed by atoms with van der Waals surface area (Å²) in [6, 6.07) is 10.4. The van der Waals surface area contributed by atoms with Crippen LogP contribution in [0.5, 0.6) is 11.5 Å². The van der Waals surface area contributed by atoms with Gasteiger partial charge in [-0.25, -0.2) is 14.6 Å². The predicted molar refractivity (Wildman–Crippen MR) is 118 cm³/mol. The van der Waals surface area contributed by atoms with E-state index < -0.39 is 12.0 Å². The Morgan fingerprint density at radius 2 is 1.90 bits per heavy atom. The highest BCUT2D eigenvalue weighted by atomic mass is 32.1. The summed E-state index contributed by atoms with van der Waals surface area (Å²) in [5.74, 6) is 0.142. The number of carbonyl (C=O) groups excluding carboxylic acids is 1. The first-order chi connectivity index (χ1) is 14.9. The molecule has 8 nitrogen and oxygen atoms in total. The molecular formula is C22H16N4O4S. The minimum Gasteiger partial charge on any atom is -0.477 e. The zero-order chi connectivity index (χ0) is 21.7. The van der Waals surface area contributed by atoms with Crippen LogP contribution < -0.4 is 15.0 Å². The fourth-order valence-electron chi connectivity index (χ4n) is 3.57. The molecule has 0 saturated heterocycles. The third kappa shape index (κ3) is 3.15. The number of carboxylic acid groups (broad SMARTS) is 1. The van der Waals surface area contributed by atoms with Gasteiger partial charge in [0.05, 0.1) is 28.6 Å². The van der Waals surface area contributed by atoms with Crippen LogP contribution in [-0.2, 0) is 0 Å². The van der Waals surface area contributed by atoms with Crippen molar-refractivity contribution < 1.29 is 19.4 Å². The minimum absolute atomic E-state index is 0.0649. The summed E-state index contributed by atoms with van der Waals surface area (Å²) >= 11 is 1.04. The number of aryl methyl sites for hydroxylation is 2.